The quantitative estimate of drug-likeness (QED) is 0.935. The number of rotatable bonds is 3. The Bertz CT molecular complexity index is 701. The summed E-state index contributed by atoms with van der Waals surface area (Å²) in [5, 5.41) is 0.246. The van der Waals surface area contributed by atoms with Crippen molar-refractivity contribution < 1.29 is 4.39 Å². The molecule has 0 unspecified atom stereocenters. The number of aromatic nitrogens is 2. The second-order valence-electron chi connectivity index (χ2n) is 4.10. The van der Waals surface area contributed by atoms with Gasteiger partial charge in [0, 0.05) is 22.3 Å². The van der Waals surface area contributed by atoms with Gasteiger partial charge in [0.25, 0.3) is 5.56 Å². The van der Waals surface area contributed by atoms with Crippen LogP contribution in [0, 0.1) is 5.82 Å². The van der Waals surface area contributed by atoms with Crippen molar-refractivity contribution in [3.05, 3.63) is 67.2 Å². The summed E-state index contributed by atoms with van der Waals surface area (Å²) in [6.07, 6.45) is 1.92. The van der Waals surface area contributed by atoms with Gasteiger partial charge in [0.15, 0.2) is 0 Å². The van der Waals surface area contributed by atoms with E-state index in [-0.39, 0.29) is 17.1 Å². The Morgan fingerprint density at radius 1 is 1.37 bits per heavy atom. The van der Waals surface area contributed by atoms with Crippen LogP contribution < -0.4 is 11.2 Å². The van der Waals surface area contributed by atoms with Crippen molar-refractivity contribution in [2.75, 3.05) is 0 Å². The van der Waals surface area contributed by atoms with E-state index in [4.69, 9.17) is 11.6 Å². The molecule has 0 saturated heterocycles. The molecule has 100 valence electrons. The Hall–Kier alpha value is -1.88. The molecule has 19 heavy (non-hydrogen) atoms. The van der Waals surface area contributed by atoms with Crippen LogP contribution in [0.25, 0.3) is 0 Å². The number of aryl methyl sites for hydroxylation is 1. The lowest BCUT2D eigenvalue weighted by atomic mass is 10.2. The third-order valence-corrected chi connectivity index (χ3v) is 3.21. The molecular weight excluding hydrogens is 271 g/mol. The smallest absolute Gasteiger partial charge is 0.296 e. The molecule has 6 heteroatoms. The van der Waals surface area contributed by atoms with Crippen LogP contribution in [0.4, 0.5) is 4.39 Å². The molecule has 0 saturated carbocycles. The first-order chi connectivity index (χ1) is 9.02. The lowest BCUT2D eigenvalue weighted by Gasteiger charge is -2.09. The maximum atomic E-state index is 13.7. The van der Waals surface area contributed by atoms with Crippen molar-refractivity contribution in [1.82, 2.24) is 9.55 Å². The minimum absolute atomic E-state index is 0.0197. The summed E-state index contributed by atoms with van der Waals surface area (Å²) < 4.78 is 14.9. The molecule has 2 rings (SSSR count). The van der Waals surface area contributed by atoms with Gasteiger partial charge in [-0.15, -0.1) is 0 Å². The first-order valence-electron chi connectivity index (χ1n) is 5.78. The minimum Gasteiger partial charge on any atom is -0.296 e. The van der Waals surface area contributed by atoms with Gasteiger partial charge in [-0.25, -0.2) is 9.18 Å². The largest absolute Gasteiger partial charge is 0.328 e. The lowest BCUT2D eigenvalue weighted by molar-refractivity contribution is 0.591. The molecule has 0 atom stereocenters. The predicted molar refractivity (Wildman–Crippen MR) is 71.2 cm³/mol. The van der Waals surface area contributed by atoms with Gasteiger partial charge in [0.2, 0.25) is 0 Å². The number of aromatic amines is 1. The summed E-state index contributed by atoms with van der Waals surface area (Å²) in [4.78, 5) is 25.3. The van der Waals surface area contributed by atoms with Crippen LogP contribution in [0.1, 0.15) is 18.1 Å². The van der Waals surface area contributed by atoms with Crippen LogP contribution in [0.2, 0.25) is 5.02 Å². The number of hydrogen-bond acceptors (Lipinski definition) is 2. The third-order valence-electron chi connectivity index (χ3n) is 2.86. The molecule has 1 aromatic heterocycles. The average molecular weight is 283 g/mol. The fraction of sp³-hybridized carbons (Fsp3) is 0.231. The highest BCUT2D eigenvalue weighted by Gasteiger charge is 2.10. The Morgan fingerprint density at radius 2 is 2.11 bits per heavy atom. The molecular formula is C13H12ClFN2O2. The molecule has 1 N–H and O–H groups in total. The highest BCUT2D eigenvalue weighted by Crippen LogP contribution is 2.19. The van der Waals surface area contributed by atoms with E-state index in [1.807, 2.05) is 0 Å². The molecule has 0 aliphatic carbocycles. The van der Waals surface area contributed by atoms with Crippen LogP contribution in [0.15, 0.2) is 34.0 Å². The summed E-state index contributed by atoms with van der Waals surface area (Å²) in [6, 6.07) is 4.32. The Balaban J connectivity index is 2.50. The zero-order valence-corrected chi connectivity index (χ0v) is 11.0. The van der Waals surface area contributed by atoms with Crippen LogP contribution in [-0.4, -0.2) is 9.55 Å². The van der Waals surface area contributed by atoms with E-state index >= 15 is 0 Å². The van der Waals surface area contributed by atoms with Crippen LogP contribution in [0.5, 0.6) is 0 Å². The summed E-state index contributed by atoms with van der Waals surface area (Å²) >= 11 is 5.91. The Kier molecular flexibility index (Phi) is 3.85. The van der Waals surface area contributed by atoms with Crippen LogP contribution in [0.3, 0.4) is 0 Å². The van der Waals surface area contributed by atoms with E-state index in [1.54, 1.807) is 13.0 Å². The number of H-pyrrole nitrogens is 1. The molecule has 1 heterocycles. The Labute approximate surface area is 113 Å². The lowest BCUT2D eigenvalue weighted by Crippen LogP contribution is -2.32. The number of hydrogen-bond donors (Lipinski definition) is 1. The summed E-state index contributed by atoms with van der Waals surface area (Å²) in [5.74, 6) is -0.483. The van der Waals surface area contributed by atoms with Crippen molar-refractivity contribution in [2.24, 2.45) is 0 Å². The first-order valence-corrected chi connectivity index (χ1v) is 6.16. The highest BCUT2D eigenvalue weighted by atomic mass is 35.5. The van der Waals surface area contributed by atoms with Crippen molar-refractivity contribution in [3.63, 3.8) is 0 Å². The van der Waals surface area contributed by atoms with Crippen LogP contribution in [-0.2, 0) is 13.0 Å². The van der Waals surface area contributed by atoms with Gasteiger partial charge >= 0.3 is 5.69 Å². The van der Waals surface area contributed by atoms with E-state index < -0.39 is 17.1 Å². The SMILES string of the molecule is CCc1cn(Cc2c(F)cccc2Cl)c(=O)[nH]c1=O. The topological polar surface area (TPSA) is 54.9 Å². The van der Waals surface area contributed by atoms with Crippen molar-refractivity contribution in [2.45, 2.75) is 19.9 Å². The molecule has 0 radical (unpaired) electrons. The van der Waals surface area contributed by atoms with Gasteiger partial charge in [-0.05, 0) is 18.6 Å². The number of halogens is 2. The third kappa shape index (κ3) is 2.76. The first kappa shape index (κ1) is 13.5. The molecule has 4 nitrogen and oxygen atoms in total. The molecule has 0 fully saturated rings. The number of nitrogens with one attached hydrogen (secondary N) is 1. The van der Waals surface area contributed by atoms with Gasteiger partial charge in [-0.3, -0.25) is 14.3 Å². The van der Waals surface area contributed by atoms with E-state index in [9.17, 15) is 14.0 Å². The molecule has 0 bridgehead atoms. The molecule has 1 aromatic carbocycles. The maximum Gasteiger partial charge on any atom is 0.328 e. The van der Waals surface area contributed by atoms with Gasteiger partial charge in [-0.1, -0.05) is 24.6 Å². The fourth-order valence-corrected chi connectivity index (χ4v) is 2.00. The van der Waals surface area contributed by atoms with Crippen molar-refractivity contribution in [1.29, 1.82) is 0 Å². The zero-order valence-electron chi connectivity index (χ0n) is 10.2. The summed E-state index contributed by atoms with van der Waals surface area (Å²) in [6.45, 7) is 1.78. The second kappa shape index (κ2) is 5.40. The zero-order chi connectivity index (χ0) is 14.0. The monoisotopic (exact) mass is 282 g/mol. The molecule has 0 amide bonds. The van der Waals surface area contributed by atoms with Gasteiger partial charge < -0.3 is 0 Å². The number of benzene rings is 1. The highest BCUT2D eigenvalue weighted by molar-refractivity contribution is 6.31. The van der Waals surface area contributed by atoms with Crippen molar-refractivity contribution >= 4 is 11.6 Å². The number of nitrogens with zero attached hydrogens (tertiary/aromatic N) is 1. The van der Waals surface area contributed by atoms with Gasteiger partial charge in [0.1, 0.15) is 5.82 Å². The average Bonchev–Trinajstić information content (AvgIpc) is 2.36. The molecule has 0 aliphatic heterocycles. The molecule has 2 aromatic rings. The van der Waals surface area contributed by atoms with Gasteiger partial charge in [0.05, 0.1) is 6.54 Å². The normalized spacial score (nSPS) is 10.7. The van der Waals surface area contributed by atoms with Crippen molar-refractivity contribution in [3.8, 4) is 0 Å². The van der Waals surface area contributed by atoms with E-state index in [0.29, 0.717) is 12.0 Å². The van der Waals surface area contributed by atoms with Gasteiger partial charge in [-0.2, -0.15) is 0 Å². The van der Waals surface area contributed by atoms with E-state index in [0.717, 1.165) is 0 Å². The van der Waals surface area contributed by atoms with E-state index in [2.05, 4.69) is 4.98 Å². The standard InChI is InChI=1S/C13H12ClFN2O2/c1-2-8-6-17(13(19)16-12(8)18)7-9-10(14)4-3-5-11(9)15/h3-6H,2,7H2,1H3,(H,16,18,19). The maximum absolute atomic E-state index is 13.7. The Morgan fingerprint density at radius 3 is 2.74 bits per heavy atom. The van der Waals surface area contributed by atoms with E-state index in [1.165, 1.54) is 22.9 Å². The molecule has 0 spiro atoms. The predicted octanol–water partition coefficient (Wildman–Crippen LogP) is 1.94. The summed E-state index contributed by atoms with van der Waals surface area (Å²) in [5.41, 5.74) is -0.308. The van der Waals surface area contributed by atoms with Crippen LogP contribution >= 0.6 is 11.6 Å². The second-order valence-corrected chi connectivity index (χ2v) is 4.50. The fourth-order valence-electron chi connectivity index (χ4n) is 1.78. The summed E-state index contributed by atoms with van der Waals surface area (Å²) in [7, 11) is 0. The minimum atomic E-state index is -0.582. The molecule has 0 aliphatic rings.